The summed E-state index contributed by atoms with van der Waals surface area (Å²) in [5.74, 6) is 11.0. The van der Waals surface area contributed by atoms with E-state index in [2.05, 4.69) is 80.8 Å². The molecule has 1 aliphatic heterocycles. The van der Waals surface area contributed by atoms with E-state index in [1.54, 1.807) is 65.0 Å². The van der Waals surface area contributed by atoms with Crippen LogP contribution >= 0.6 is 29.4 Å². The molecule has 103 heavy (non-hydrogen) atoms. The normalized spacial score (nSPS) is 14.2. The zero-order valence-electron chi connectivity index (χ0n) is 61.6. The van der Waals surface area contributed by atoms with Gasteiger partial charge in [-0.25, -0.2) is 39.5 Å². The highest BCUT2D eigenvalue weighted by molar-refractivity contribution is 9.10. The van der Waals surface area contributed by atoms with E-state index in [-0.39, 0.29) is 130 Å². The van der Waals surface area contributed by atoms with Crippen LogP contribution in [0.4, 0.5) is 0 Å². The Morgan fingerprint density at radius 3 is 1.84 bits per heavy atom. The highest BCUT2D eigenvalue weighted by Gasteiger charge is 2.37. The zero-order valence-corrected chi connectivity index (χ0v) is 64.2. The van der Waals surface area contributed by atoms with Crippen molar-refractivity contribution in [1.82, 2.24) is 40.1 Å². The van der Waals surface area contributed by atoms with Crippen molar-refractivity contribution in [3.05, 3.63) is 140 Å². The Hall–Kier alpha value is -9.73. The number of fused-ring (bicyclic) bond motifs is 5. The number of nitriles is 1. The number of halogens is 1. The van der Waals surface area contributed by atoms with Crippen LogP contribution in [0.5, 0.6) is 11.5 Å². The van der Waals surface area contributed by atoms with E-state index in [4.69, 9.17) is 42.9 Å². The summed E-state index contributed by atoms with van der Waals surface area (Å²) in [7, 11) is 1.49. The number of aromatic carboxylic acids is 1. The van der Waals surface area contributed by atoms with Crippen LogP contribution in [0.15, 0.2) is 84.0 Å². The lowest BCUT2D eigenvalue weighted by Crippen LogP contribution is -2.46. The smallest absolute Gasteiger partial charge is 0.341 e. The molecule has 7 rings (SSSR count). The van der Waals surface area contributed by atoms with Crippen molar-refractivity contribution in [3.63, 3.8) is 0 Å². The number of hydrogen-bond acceptors (Lipinski definition) is 20. The number of nitrogens with two attached hydrogens (primary N) is 3. The number of carboxylic acid groups (broad SMARTS) is 1. The highest BCUT2D eigenvalue weighted by atomic mass is 79.9. The van der Waals surface area contributed by atoms with Crippen molar-refractivity contribution >= 4 is 70.5 Å². The van der Waals surface area contributed by atoms with Gasteiger partial charge in [0.25, 0.3) is 0 Å². The van der Waals surface area contributed by atoms with Crippen LogP contribution in [0.2, 0.25) is 0 Å². The molecule has 548 valence electrons. The number of nitrogens with zero attached hydrogens (tertiary/aromatic N) is 8. The molecule has 4 bridgehead atoms. The minimum atomic E-state index is -1.25. The lowest BCUT2D eigenvalue weighted by molar-refractivity contribution is -0.142. The minimum Gasteiger partial charge on any atom is -0.492 e. The van der Waals surface area contributed by atoms with Crippen molar-refractivity contribution in [1.29, 1.82) is 5.26 Å². The number of likely N-dealkylation sites (N-methyl/N-ethyl adjacent to an activating group) is 1. The number of hydrogen-bond donors (Lipinski definition) is 5. The molecule has 0 unspecified atom stereocenters. The summed E-state index contributed by atoms with van der Waals surface area (Å²) in [5, 5.41) is 20.9. The van der Waals surface area contributed by atoms with Gasteiger partial charge in [-0.2, -0.15) is 18.8 Å². The van der Waals surface area contributed by atoms with E-state index in [1.165, 1.54) is 30.5 Å². The first-order valence-electron chi connectivity index (χ1n) is 33.4. The lowest BCUT2D eigenvalue weighted by Gasteiger charge is -2.32. The fourth-order valence-corrected chi connectivity index (χ4v) is 10.0. The molecule has 4 heterocycles. The Kier molecular flexibility index (Phi) is 35.2. The van der Waals surface area contributed by atoms with Gasteiger partial charge in [-0.3, -0.25) is 24.0 Å². The summed E-state index contributed by atoms with van der Waals surface area (Å²) in [6, 6.07) is 17.7. The van der Waals surface area contributed by atoms with Crippen LogP contribution in [-0.2, 0) is 30.3 Å². The van der Waals surface area contributed by atoms with E-state index >= 15 is 0 Å². The predicted molar refractivity (Wildman–Crippen MR) is 405 cm³/mol. The quantitative estimate of drug-likeness (QED) is 0.0205. The topological polar surface area (TPSA) is 362 Å². The molecule has 0 saturated carbocycles. The summed E-state index contributed by atoms with van der Waals surface area (Å²) in [6.07, 6.45) is 8.82. The Morgan fingerprint density at radius 2 is 1.31 bits per heavy atom. The number of aryl methyl sites for hydroxylation is 3. The van der Waals surface area contributed by atoms with Crippen molar-refractivity contribution in [2.75, 3.05) is 46.5 Å². The second-order valence-corrected chi connectivity index (χ2v) is 27.8. The molecule has 23 nitrogen and oxygen atoms in total. The van der Waals surface area contributed by atoms with Crippen LogP contribution in [0.3, 0.4) is 0 Å². The number of ether oxygens (including phenoxy) is 3. The standard InChI is InChI=1S/C52H62N8O7.C12H14N2O2.C8H9BrN2O2.C6H10.H2S/c1-32-26-45(63)48(60(6)51(65)38(18-21-54)30-44(62)41-31-57-49(58-33(41)2)36-12-9-34(10-13-36)17-19-52(3,4)5)37-14-16-47(67-25-23-56)40(29-37)39-27-35(11-15-46(39)66-24-22-55)28-42(59-50(32)64)43(61)8-7-20-53;1-8-9(11(15)16)7-13-10(14-8)5-6-12(2,3)4;1-3-13-7(12)6-4-10-8(9)11-5(6)2;1-5-6(2,3)4;/h9-16,27,29,31-32,38,42,48H,7-8,18,21-26,28,30,54-56H2,1-6H3,(H,59,64);7H,1-4H3,(H,15,16);4H,3H2,1-2H3;1H,2-4H3;1H2/t32-,38-,42+,48+;;;;/m1..../s1. The Labute approximate surface area is 621 Å². The van der Waals surface area contributed by atoms with Gasteiger partial charge in [0.1, 0.15) is 30.8 Å². The van der Waals surface area contributed by atoms with Gasteiger partial charge in [0, 0.05) is 115 Å². The van der Waals surface area contributed by atoms with Crippen molar-refractivity contribution in [2.45, 2.75) is 148 Å². The third-order valence-corrected chi connectivity index (χ3v) is 15.3. The molecule has 25 heteroatoms. The van der Waals surface area contributed by atoms with Crippen molar-refractivity contribution < 1.29 is 52.9 Å². The number of amides is 2. The predicted octanol–water partition coefficient (Wildman–Crippen LogP) is 10.8. The molecule has 6 aromatic rings. The second-order valence-electron chi connectivity index (χ2n) is 27.1. The van der Waals surface area contributed by atoms with Gasteiger partial charge in [-0.15, -0.1) is 12.3 Å². The van der Waals surface area contributed by atoms with Crippen molar-refractivity contribution in [3.8, 4) is 76.1 Å². The monoisotopic (exact) mass is 1490 g/mol. The number of carboxylic acids is 1. The molecule has 4 atom stereocenters. The zero-order chi connectivity index (χ0) is 76.2. The van der Waals surface area contributed by atoms with Gasteiger partial charge >= 0.3 is 11.9 Å². The first kappa shape index (κ1) is 87.5. The van der Waals surface area contributed by atoms with E-state index in [0.717, 1.165) is 11.1 Å². The number of aromatic nitrogens is 6. The average molecular weight is 1490 g/mol. The SMILES string of the molecule is C#CC(C)(C)C.CCOC(=O)c1cnc(Br)nc1C.Cc1nc(-c2ccc(C#CC(C)(C)C)cc2)ncc1C(=O)C[C@@H](CCN)C(=O)N(C)[C@@H]1C(=O)C[C@@H](C)C(=O)N[C@H](C(=O)CCC#N)Cc2ccc(OCCN)c(c2)-c2cc1ccc2OCCN.Cc1nc(C#CC(C)(C)C)ncc1C(=O)O.S. The van der Waals surface area contributed by atoms with E-state index < -0.39 is 47.5 Å². The number of nitrogens with one attached hydrogen (secondary N) is 1. The van der Waals surface area contributed by atoms with Crippen LogP contribution < -0.4 is 32.0 Å². The summed E-state index contributed by atoms with van der Waals surface area (Å²) >= 11 is 3.11. The fraction of sp³-hybridized carbons (Fsp3) is 0.436. The van der Waals surface area contributed by atoms with Gasteiger partial charge in [0.2, 0.25) is 17.6 Å². The second kappa shape index (κ2) is 41.4. The molecule has 0 saturated heterocycles. The van der Waals surface area contributed by atoms with Crippen LogP contribution in [0.1, 0.15) is 185 Å². The van der Waals surface area contributed by atoms with Crippen LogP contribution in [0, 0.1) is 96.2 Å². The molecular formula is C78H97BrN12O11S. The number of terminal acetylenes is 1. The Bertz CT molecular complexity index is 4190. The first-order chi connectivity index (χ1) is 48.0. The highest BCUT2D eigenvalue weighted by Crippen LogP contribution is 2.41. The van der Waals surface area contributed by atoms with Gasteiger partial charge in [-0.05, 0) is 191 Å². The lowest BCUT2D eigenvalue weighted by atomic mass is 9.88. The van der Waals surface area contributed by atoms with E-state index in [9.17, 15) is 38.8 Å². The third kappa shape index (κ3) is 28.6. The summed E-state index contributed by atoms with van der Waals surface area (Å²) in [6.45, 7) is 27.7. The Balaban J connectivity index is 0.000000617. The van der Waals surface area contributed by atoms with Gasteiger partial charge < -0.3 is 46.7 Å². The third-order valence-electron chi connectivity index (χ3n) is 15.0. The molecular weight excluding hydrogens is 1390 g/mol. The van der Waals surface area contributed by atoms with Gasteiger partial charge in [0.05, 0.1) is 52.5 Å². The summed E-state index contributed by atoms with van der Waals surface area (Å²) < 4.78 is 17.5. The number of esters is 1. The molecule has 3 aromatic heterocycles. The van der Waals surface area contributed by atoms with Gasteiger partial charge in [-0.1, -0.05) is 36.8 Å². The molecule has 0 radical (unpaired) electrons. The largest absolute Gasteiger partial charge is 0.492 e. The molecule has 0 aliphatic carbocycles. The van der Waals surface area contributed by atoms with Gasteiger partial charge in [0.15, 0.2) is 27.9 Å². The molecule has 8 N–H and O–H groups in total. The van der Waals surface area contributed by atoms with E-state index in [1.807, 2.05) is 98.7 Å². The number of carbonyl (C=O) groups is 7. The molecule has 3 aromatic carbocycles. The maximum atomic E-state index is 14.8. The number of carbonyl (C=O) groups excluding carboxylic acids is 6. The number of benzene rings is 3. The molecule has 1 aliphatic rings. The fourth-order valence-electron chi connectivity index (χ4n) is 9.65. The minimum absolute atomic E-state index is 0. The summed E-state index contributed by atoms with van der Waals surface area (Å²) in [5.41, 5.74) is 23.6. The maximum Gasteiger partial charge on any atom is 0.341 e. The van der Waals surface area contributed by atoms with Crippen molar-refractivity contribution in [2.24, 2.45) is 45.3 Å². The number of ketones is 3. The number of Topliss-reactive ketones (excluding diaryl/α,β-unsaturated/α-hetero) is 3. The van der Waals surface area contributed by atoms with Crippen LogP contribution in [0.25, 0.3) is 22.5 Å². The Morgan fingerprint density at radius 1 is 0.748 bits per heavy atom. The molecule has 0 fully saturated rings. The average Bonchev–Trinajstić information content (AvgIpc) is 0.776. The maximum absolute atomic E-state index is 14.8. The molecule has 0 spiro atoms. The first-order valence-corrected chi connectivity index (χ1v) is 34.1. The molecule has 2 amide bonds. The van der Waals surface area contributed by atoms with Crippen LogP contribution in [-0.4, -0.2) is 134 Å². The summed E-state index contributed by atoms with van der Waals surface area (Å²) in [4.78, 5) is 119. The van der Waals surface area contributed by atoms with E-state index in [0.29, 0.717) is 79.4 Å². The number of rotatable bonds is 20.